The maximum Gasteiger partial charge on any atom is 0.244 e. The quantitative estimate of drug-likeness (QED) is 0.759. The van der Waals surface area contributed by atoms with E-state index in [1.54, 1.807) is 18.2 Å². The highest BCUT2D eigenvalue weighted by molar-refractivity contribution is 5.91. The number of anilines is 1. The van der Waals surface area contributed by atoms with Crippen molar-refractivity contribution >= 4 is 17.7 Å². The zero-order valence-electron chi connectivity index (χ0n) is 16.0. The molecule has 0 spiro atoms. The molecule has 2 unspecified atom stereocenters. The molecule has 0 bridgehead atoms. The fourth-order valence-electron chi connectivity index (χ4n) is 3.49. The summed E-state index contributed by atoms with van der Waals surface area (Å²) in [5, 5.41) is 2.97. The van der Waals surface area contributed by atoms with E-state index in [-0.39, 0.29) is 17.8 Å². The standard InChI is InChI=1S/C23H27FN2O/c1-17-4-3-15-26(16-17)22-12-8-20(9-13-22)18(2)25-23(27)14-7-19-5-10-21(24)11-6-19/h5-14,17-18H,3-4,15-16H2,1-2H3,(H,25,27)/b14-7+. The van der Waals surface area contributed by atoms with E-state index in [0.717, 1.165) is 30.1 Å². The van der Waals surface area contributed by atoms with Gasteiger partial charge in [0.15, 0.2) is 0 Å². The Morgan fingerprint density at radius 2 is 1.89 bits per heavy atom. The van der Waals surface area contributed by atoms with Crippen molar-refractivity contribution in [1.82, 2.24) is 5.32 Å². The smallest absolute Gasteiger partial charge is 0.244 e. The van der Waals surface area contributed by atoms with Crippen LogP contribution in [0.1, 0.15) is 43.9 Å². The summed E-state index contributed by atoms with van der Waals surface area (Å²) in [5.41, 5.74) is 3.12. The lowest BCUT2D eigenvalue weighted by molar-refractivity contribution is -0.117. The molecule has 2 atom stereocenters. The van der Waals surface area contributed by atoms with E-state index in [2.05, 4.69) is 41.4 Å². The molecule has 2 aromatic carbocycles. The van der Waals surface area contributed by atoms with Gasteiger partial charge in [0.25, 0.3) is 0 Å². The van der Waals surface area contributed by atoms with Crippen LogP contribution in [-0.4, -0.2) is 19.0 Å². The van der Waals surface area contributed by atoms with Crippen LogP contribution in [0.25, 0.3) is 6.08 Å². The molecular weight excluding hydrogens is 339 g/mol. The second-order valence-corrected chi connectivity index (χ2v) is 7.40. The van der Waals surface area contributed by atoms with Crippen LogP contribution in [0, 0.1) is 11.7 Å². The van der Waals surface area contributed by atoms with Crippen molar-refractivity contribution in [3.05, 3.63) is 71.6 Å². The SMILES string of the molecule is CC1CCCN(c2ccc(C(C)NC(=O)/C=C/c3ccc(F)cc3)cc2)C1. The van der Waals surface area contributed by atoms with Crippen molar-refractivity contribution in [2.24, 2.45) is 5.92 Å². The molecule has 1 fully saturated rings. The number of carbonyl (C=O) groups is 1. The fourth-order valence-corrected chi connectivity index (χ4v) is 3.49. The number of carbonyl (C=O) groups excluding carboxylic acids is 1. The number of amides is 1. The van der Waals surface area contributed by atoms with Gasteiger partial charge in [-0.1, -0.05) is 31.2 Å². The van der Waals surface area contributed by atoms with E-state index in [1.165, 1.54) is 36.7 Å². The molecule has 1 N–H and O–H groups in total. The van der Waals surface area contributed by atoms with E-state index < -0.39 is 0 Å². The molecule has 1 amide bonds. The molecule has 142 valence electrons. The van der Waals surface area contributed by atoms with Gasteiger partial charge in [-0.15, -0.1) is 0 Å². The van der Waals surface area contributed by atoms with Crippen LogP contribution >= 0.6 is 0 Å². The first-order chi connectivity index (χ1) is 13.0. The van der Waals surface area contributed by atoms with Gasteiger partial charge in [-0.25, -0.2) is 4.39 Å². The van der Waals surface area contributed by atoms with Crippen molar-refractivity contribution in [3.63, 3.8) is 0 Å². The Bertz CT molecular complexity index is 783. The largest absolute Gasteiger partial charge is 0.371 e. The lowest BCUT2D eigenvalue weighted by atomic mass is 9.99. The Morgan fingerprint density at radius 3 is 2.56 bits per heavy atom. The van der Waals surface area contributed by atoms with E-state index in [1.807, 2.05) is 6.92 Å². The molecule has 0 saturated carbocycles. The number of nitrogens with zero attached hydrogens (tertiary/aromatic N) is 1. The molecule has 1 aliphatic heterocycles. The van der Waals surface area contributed by atoms with Gasteiger partial charge in [-0.05, 0) is 67.2 Å². The third-order valence-electron chi connectivity index (χ3n) is 5.07. The van der Waals surface area contributed by atoms with Crippen molar-refractivity contribution < 1.29 is 9.18 Å². The van der Waals surface area contributed by atoms with Crippen molar-refractivity contribution in [2.75, 3.05) is 18.0 Å². The predicted octanol–water partition coefficient (Wildman–Crippen LogP) is 4.95. The zero-order chi connectivity index (χ0) is 19.2. The predicted molar refractivity (Wildman–Crippen MR) is 109 cm³/mol. The van der Waals surface area contributed by atoms with Crippen molar-refractivity contribution in [3.8, 4) is 0 Å². The van der Waals surface area contributed by atoms with Gasteiger partial charge in [-0.2, -0.15) is 0 Å². The van der Waals surface area contributed by atoms with E-state index >= 15 is 0 Å². The summed E-state index contributed by atoms with van der Waals surface area (Å²) >= 11 is 0. The summed E-state index contributed by atoms with van der Waals surface area (Å²) in [6, 6.07) is 14.4. The highest BCUT2D eigenvalue weighted by atomic mass is 19.1. The molecule has 0 radical (unpaired) electrons. The normalized spacial score (nSPS) is 18.5. The lowest BCUT2D eigenvalue weighted by Crippen LogP contribution is -2.34. The van der Waals surface area contributed by atoms with Gasteiger partial charge in [0.2, 0.25) is 5.91 Å². The van der Waals surface area contributed by atoms with Gasteiger partial charge in [0, 0.05) is 24.9 Å². The summed E-state index contributed by atoms with van der Waals surface area (Å²) < 4.78 is 12.9. The molecule has 3 rings (SSSR count). The van der Waals surface area contributed by atoms with Gasteiger partial charge in [0.05, 0.1) is 6.04 Å². The lowest BCUT2D eigenvalue weighted by Gasteiger charge is -2.33. The zero-order valence-corrected chi connectivity index (χ0v) is 16.0. The Morgan fingerprint density at radius 1 is 1.19 bits per heavy atom. The molecule has 2 aromatic rings. The summed E-state index contributed by atoms with van der Waals surface area (Å²) in [6.45, 7) is 6.50. The number of halogens is 1. The first-order valence-electron chi connectivity index (χ1n) is 9.60. The minimum Gasteiger partial charge on any atom is -0.371 e. The second-order valence-electron chi connectivity index (χ2n) is 7.40. The first kappa shape index (κ1) is 19.2. The number of nitrogens with one attached hydrogen (secondary N) is 1. The van der Waals surface area contributed by atoms with Crippen LogP contribution in [0.15, 0.2) is 54.6 Å². The average molecular weight is 366 g/mol. The minimum absolute atomic E-state index is 0.0790. The number of hydrogen-bond donors (Lipinski definition) is 1. The Kier molecular flexibility index (Phi) is 6.28. The monoisotopic (exact) mass is 366 g/mol. The Labute approximate surface area is 160 Å². The molecule has 0 aromatic heterocycles. The first-order valence-corrected chi connectivity index (χ1v) is 9.60. The topological polar surface area (TPSA) is 32.3 Å². The average Bonchev–Trinajstić information content (AvgIpc) is 2.67. The van der Waals surface area contributed by atoms with Crippen molar-refractivity contribution in [1.29, 1.82) is 0 Å². The number of piperidine rings is 1. The molecular formula is C23H27FN2O. The molecule has 27 heavy (non-hydrogen) atoms. The van der Waals surface area contributed by atoms with E-state index in [4.69, 9.17) is 0 Å². The van der Waals surface area contributed by atoms with E-state index in [9.17, 15) is 9.18 Å². The van der Waals surface area contributed by atoms with Crippen LogP contribution in [0.3, 0.4) is 0 Å². The van der Waals surface area contributed by atoms with Gasteiger partial charge >= 0.3 is 0 Å². The Hall–Kier alpha value is -2.62. The highest BCUT2D eigenvalue weighted by Crippen LogP contribution is 2.24. The third-order valence-corrected chi connectivity index (χ3v) is 5.07. The molecule has 3 nitrogen and oxygen atoms in total. The Balaban J connectivity index is 1.56. The fraction of sp³-hybridized carbons (Fsp3) is 0.348. The third kappa shape index (κ3) is 5.43. The second kappa shape index (κ2) is 8.85. The van der Waals surface area contributed by atoms with Crippen LogP contribution in [0.2, 0.25) is 0 Å². The number of benzene rings is 2. The summed E-state index contributed by atoms with van der Waals surface area (Å²) in [7, 11) is 0. The van der Waals surface area contributed by atoms with E-state index in [0.29, 0.717) is 0 Å². The maximum absolute atomic E-state index is 12.9. The van der Waals surface area contributed by atoms with Crippen molar-refractivity contribution in [2.45, 2.75) is 32.7 Å². The maximum atomic E-state index is 12.9. The molecule has 1 aliphatic rings. The number of hydrogen-bond acceptors (Lipinski definition) is 2. The van der Waals surface area contributed by atoms with Crippen LogP contribution in [-0.2, 0) is 4.79 Å². The highest BCUT2D eigenvalue weighted by Gasteiger charge is 2.17. The minimum atomic E-state index is -0.285. The summed E-state index contributed by atoms with van der Waals surface area (Å²) in [6.07, 6.45) is 5.72. The molecule has 0 aliphatic carbocycles. The summed E-state index contributed by atoms with van der Waals surface area (Å²) in [5.74, 6) is 0.290. The van der Waals surface area contributed by atoms with Crippen LogP contribution < -0.4 is 10.2 Å². The van der Waals surface area contributed by atoms with Crippen LogP contribution in [0.5, 0.6) is 0 Å². The van der Waals surface area contributed by atoms with Gasteiger partial charge in [-0.3, -0.25) is 4.79 Å². The number of rotatable bonds is 5. The summed E-state index contributed by atoms with van der Waals surface area (Å²) in [4.78, 5) is 14.6. The molecule has 1 heterocycles. The molecule has 1 saturated heterocycles. The molecule has 4 heteroatoms. The van der Waals surface area contributed by atoms with Crippen LogP contribution in [0.4, 0.5) is 10.1 Å². The van der Waals surface area contributed by atoms with Gasteiger partial charge < -0.3 is 10.2 Å². The van der Waals surface area contributed by atoms with Gasteiger partial charge in [0.1, 0.15) is 5.82 Å².